The molecule has 1 fully saturated rings. The van der Waals surface area contributed by atoms with Crippen LogP contribution in [0.15, 0.2) is 46.9 Å². The van der Waals surface area contributed by atoms with Gasteiger partial charge in [0.2, 0.25) is 5.91 Å². The summed E-state index contributed by atoms with van der Waals surface area (Å²) in [4.78, 5) is 26.4. The van der Waals surface area contributed by atoms with Gasteiger partial charge in [-0.15, -0.1) is 0 Å². The Morgan fingerprint density at radius 2 is 2.04 bits per heavy atom. The largest absolute Gasteiger partial charge is 0.506 e. The quantitative estimate of drug-likeness (QED) is 0.765. The highest BCUT2D eigenvalue weighted by atomic mass is 79.9. The molecule has 0 radical (unpaired) electrons. The topological polar surface area (TPSA) is 69.6 Å². The van der Waals surface area contributed by atoms with E-state index < -0.39 is 5.91 Å². The zero-order valence-corrected chi connectivity index (χ0v) is 16.4. The van der Waals surface area contributed by atoms with E-state index in [0.717, 1.165) is 5.56 Å². The Hall–Kier alpha value is -2.05. The van der Waals surface area contributed by atoms with E-state index in [0.29, 0.717) is 17.4 Å². The standard InChI is InChI=1S/C19H18BrClN2O3/c1-23-16(24)7-12(17(23)11-5-3-2-4-6-11)10-22-19(26)14-8-13(20)9-15(21)18(14)25/h2-6,8-9,12,17,25H,7,10H2,1H3,(H,22,26)/t12-,17+/m0/s1. The minimum Gasteiger partial charge on any atom is -0.506 e. The summed E-state index contributed by atoms with van der Waals surface area (Å²) in [5, 5.41) is 12.9. The van der Waals surface area contributed by atoms with Gasteiger partial charge in [0.05, 0.1) is 16.6 Å². The summed E-state index contributed by atoms with van der Waals surface area (Å²) < 4.78 is 0.600. The van der Waals surface area contributed by atoms with Gasteiger partial charge in [0.1, 0.15) is 5.75 Å². The number of hydrogen-bond acceptors (Lipinski definition) is 3. The number of carbonyl (C=O) groups is 2. The first-order valence-corrected chi connectivity index (χ1v) is 9.32. The predicted octanol–water partition coefficient (Wildman–Crippen LogP) is 3.76. The molecule has 1 aliphatic rings. The number of rotatable bonds is 4. The second-order valence-corrected chi connectivity index (χ2v) is 7.64. The van der Waals surface area contributed by atoms with Gasteiger partial charge >= 0.3 is 0 Å². The van der Waals surface area contributed by atoms with Gasteiger partial charge < -0.3 is 15.3 Å². The Morgan fingerprint density at radius 3 is 2.73 bits per heavy atom. The monoisotopic (exact) mass is 436 g/mol. The van der Waals surface area contributed by atoms with E-state index in [1.807, 2.05) is 30.3 Å². The summed E-state index contributed by atoms with van der Waals surface area (Å²) in [5.41, 5.74) is 1.13. The molecule has 0 aromatic heterocycles. The first-order valence-electron chi connectivity index (χ1n) is 8.15. The van der Waals surface area contributed by atoms with Gasteiger partial charge in [-0.2, -0.15) is 0 Å². The number of phenolic OH excluding ortho intramolecular Hbond substituents is 1. The van der Waals surface area contributed by atoms with Crippen LogP contribution in [0.3, 0.4) is 0 Å². The molecule has 3 rings (SSSR count). The molecule has 2 atom stereocenters. The maximum atomic E-state index is 12.5. The Labute approximate surface area is 165 Å². The molecule has 0 unspecified atom stereocenters. The number of phenols is 1. The fourth-order valence-corrected chi connectivity index (χ4v) is 4.15. The second kappa shape index (κ2) is 7.68. The third kappa shape index (κ3) is 3.71. The van der Waals surface area contributed by atoms with Crippen molar-refractivity contribution >= 4 is 39.3 Å². The number of halogens is 2. The molecule has 0 aliphatic carbocycles. The van der Waals surface area contributed by atoms with Gasteiger partial charge in [-0.25, -0.2) is 0 Å². The summed E-state index contributed by atoms with van der Waals surface area (Å²) in [6.45, 7) is 0.318. The molecule has 2 N–H and O–H groups in total. The number of aromatic hydroxyl groups is 1. The number of carbonyl (C=O) groups excluding carboxylic acids is 2. The van der Waals surface area contributed by atoms with Crippen LogP contribution in [-0.4, -0.2) is 35.4 Å². The average molecular weight is 438 g/mol. The first-order chi connectivity index (χ1) is 12.4. The molecular formula is C19H18BrClN2O3. The normalized spacial score (nSPS) is 19.7. The Kier molecular flexibility index (Phi) is 5.53. The van der Waals surface area contributed by atoms with Gasteiger partial charge in [0, 0.05) is 30.4 Å². The fraction of sp³-hybridized carbons (Fsp3) is 0.263. The summed E-state index contributed by atoms with van der Waals surface area (Å²) in [6.07, 6.45) is 0.363. The van der Waals surface area contributed by atoms with Crippen molar-refractivity contribution in [2.75, 3.05) is 13.6 Å². The van der Waals surface area contributed by atoms with E-state index in [1.54, 1.807) is 11.9 Å². The van der Waals surface area contributed by atoms with Crippen molar-refractivity contribution in [3.8, 4) is 5.75 Å². The van der Waals surface area contributed by atoms with Crippen LogP contribution in [0, 0.1) is 5.92 Å². The first kappa shape index (κ1) is 18.7. The summed E-state index contributed by atoms with van der Waals surface area (Å²) in [5.74, 6) is -0.693. The highest BCUT2D eigenvalue weighted by Crippen LogP contribution is 2.37. The maximum absolute atomic E-state index is 12.5. The highest BCUT2D eigenvalue weighted by Gasteiger charge is 2.38. The van der Waals surface area contributed by atoms with E-state index in [1.165, 1.54) is 12.1 Å². The SMILES string of the molecule is CN1C(=O)C[C@@H](CNC(=O)c2cc(Br)cc(Cl)c2O)[C@H]1c1ccccc1. The summed E-state index contributed by atoms with van der Waals surface area (Å²) in [6, 6.07) is 12.7. The van der Waals surface area contributed by atoms with E-state index in [4.69, 9.17) is 11.6 Å². The molecule has 2 aromatic carbocycles. The second-order valence-electron chi connectivity index (χ2n) is 6.32. The van der Waals surface area contributed by atoms with Crippen LogP contribution in [0.5, 0.6) is 5.75 Å². The van der Waals surface area contributed by atoms with Crippen molar-refractivity contribution in [3.63, 3.8) is 0 Å². The van der Waals surface area contributed by atoms with Gasteiger partial charge in [0.15, 0.2) is 0 Å². The maximum Gasteiger partial charge on any atom is 0.255 e. The lowest BCUT2D eigenvalue weighted by Crippen LogP contribution is -2.32. The van der Waals surface area contributed by atoms with Crippen molar-refractivity contribution in [2.45, 2.75) is 12.5 Å². The molecule has 136 valence electrons. The molecule has 26 heavy (non-hydrogen) atoms. The van der Waals surface area contributed by atoms with E-state index >= 15 is 0 Å². The van der Waals surface area contributed by atoms with Crippen LogP contribution in [-0.2, 0) is 4.79 Å². The van der Waals surface area contributed by atoms with Gasteiger partial charge in [-0.05, 0) is 17.7 Å². The lowest BCUT2D eigenvalue weighted by atomic mass is 9.93. The van der Waals surface area contributed by atoms with Crippen molar-refractivity contribution in [3.05, 3.63) is 63.1 Å². The van der Waals surface area contributed by atoms with Crippen molar-refractivity contribution in [2.24, 2.45) is 5.92 Å². The minimum absolute atomic E-state index is 0.0476. The average Bonchev–Trinajstić information content (AvgIpc) is 2.91. The van der Waals surface area contributed by atoms with Crippen LogP contribution in [0.1, 0.15) is 28.4 Å². The number of nitrogens with zero attached hydrogens (tertiary/aromatic N) is 1. The fourth-order valence-electron chi connectivity index (χ4n) is 3.34. The highest BCUT2D eigenvalue weighted by molar-refractivity contribution is 9.10. The number of amides is 2. The Balaban J connectivity index is 1.76. The molecule has 7 heteroatoms. The molecule has 0 saturated carbocycles. The van der Waals surface area contributed by atoms with Crippen LogP contribution >= 0.6 is 27.5 Å². The number of nitrogens with one attached hydrogen (secondary N) is 1. The van der Waals surface area contributed by atoms with Crippen molar-refractivity contribution in [1.82, 2.24) is 10.2 Å². The Bertz CT molecular complexity index is 844. The van der Waals surface area contributed by atoms with E-state index in [-0.39, 0.29) is 34.2 Å². The third-order valence-corrected chi connectivity index (χ3v) is 5.38. The van der Waals surface area contributed by atoms with Crippen molar-refractivity contribution in [1.29, 1.82) is 0 Å². The molecule has 1 aliphatic heterocycles. The van der Waals surface area contributed by atoms with Gasteiger partial charge in [-0.1, -0.05) is 57.9 Å². The van der Waals surface area contributed by atoms with Crippen LogP contribution in [0.2, 0.25) is 5.02 Å². The van der Waals surface area contributed by atoms with Crippen molar-refractivity contribution < 1.29 is 14.7 Å². The molecule has 5 nitrogen and oxygen atoms in total. The zero-order valence-electron chi connectivity index (χ0n) is 14.1. The zero-order chi connectivity index (χ0) is 18.8. The van der Waals surface area contributed by atoms with E-state index in [9.17, 15) is 14.7 Å². The summed E-state index contributed by atoms with van der Waals surface area (Å²) >= 11 is 9.18. The van der Waals surface area contributed by atoms with Crippen LogP contribution < -0.4 is 5.32 Å². The molecule has 1 saturated heterocycles. The third-order valence-electron chi connectivity index (χ3n) is 4.63. The Morgan fingerprint density at radius 1 is 1.35 bits per heavy atom. The van der Waals surface area contributed by atoms with Crippen LogP contribution in [0.25, 0.3) is 0 Å². The van der Waals surface area contributed by atoms with E-state index in [2.05, 4.69) is 21.2 Å². The van der Waals surface area contributed by atoms with Gasteiger partial charge in [-0.3, -0.25) is 9.59 Å². The molecule has 2 amide bonds. The molecule has 2 aromatic rings. The smallest absolute Gasteiger partial charge is 0.255 e. The van der Waals surface area contributed by atoms with Crippen LogP contribution in [0.4, 0.5) is 0 Å². The molecule has 0 spiro atoms. The predicted molar refractivity (Wildman–Crippen MR) is 103 cm³/mol. The lowest BCUT2D eigenvalue weighted by molar-refractivity contribution is -0.127. The number of hydrogen-bond donors (Lipinski definition) is 2. The molecule has 0 bridgehead atoms. The molecular weight excluding hydrogens is 420 g/mol. The number of benzene rings is 2. The van der Waals surface area contributed by atoms with Gasteiger partial charge in [0.25, 0.3) is 5.91 Å². The lowest BCUT2D eigenvalue weighted by Gasteiger charge is -2.25. The minimum atomic E-state index is -0.431. The summed E-state index contributed by atoms with van der Waals surface area (Å²) in [7, 11) is 1.78. The number of likely N-dealkylation sites (tertiary alicyclic amines) is 1. The molecule has 1 heterocycles.